The smallest absolute Gasteiger partial charge is 0.256 e. The van der Waals surface area contributed by atoms with E-state index in [2.05, 4.69) is 14.8 Å². The minimum atomic E-state index is -3.41. The molecule has 0 spiro atoms. The summed E-state index contributed by atoms with van der Waals surface area (Å²) in [5.41, 5.74) is 2.55. The normalized spacial score (nSPS) is 17.5. The number of sulfonamides is 1. The molecular weight excluding hydrogens is 378 g/mol. The number of amides is 1. The van der Waals surface area contributed by atoms with Crippen LogP contribution in [0.2, 0.25) is 0 Å². The van der Waals surface area contributed by atoms with Gasteiger partial charge in [-0.3, -0.25) is 9.48 Å². The lowest BCUT2D eigenvalue weighted by atomic mass is 10.1. The highest BCUT2D eigenvalue weighted by atomic mass is 32.2. The molecule has 1 aromatic carbocycles. The molecule has 8 nitrogen and oxygen atoms in total. The Morgan fingerprint density at radius 2 is 1.96 bits per heavy atom. The molecule has 144 valence electrons. The first-order valence-corrected chi connectivity index (χ1v) is 10.4. The van der Waals surface area contributed by atoms with Crippen LogP contribution in [0.5, 0.6) is 0 Å². The fraction of sp³-hybridized carbons (Fsp3) is 0.211. The summed E-state index contributed by atoms with van der Waals surface area (Å²) in [7, 11) is -3.41. The second kappa shape index (κ2) is 7.43. The Kier molecular flexibility index (Phi) is 4.82. The first-order chi connectivity index (χ1) is 13.5. The highest BCUT2D eigenvalue weighted by Gasteiger charge is 2.24. The number of fused-ring (bicyclic) bond motifs is 1. The zero-order valence-electron chi connectivity index (χ0n) is 15.0. The maximum absolute atomic E-state index is 12.6. The van der Waals surface area contributed by atoms with Gasteiger partial charge >= 0.3 is 0 Å². The van der Waals surface area contributed by atoms with Crippen molar-refractivity contribution < 1.29 is 13.2 Å². The van der Waals surface area contributed by atoms with E-state index in [4.69, 9.17) is 0 Å². The molecule has 2 aromatic rings. The highest BCUT2D eigenvalue weighted by molar-refractivity contribution is 7.90. The van der Waals surface area contributed by atoms with Crippen molar-refractivity contribution in [2.24, 2.45) is 4.40 Å². The van der Waals surface area contributed by atoms with Crippen molar-refractivity contribution >= 4 is 21.8 Å². The first-order valence-electron chi connectivity index (χ1n) is 8.82. The summed E-state index contributed by atoms with van der Waals surface area (Å²) in [6, 6.07) is 9.76. The third-order valence-electron chi connectivity index (χ3n) is 4.54. The molecule has 4 rings (SSSR count). The fourth-order valence-electron chi connectivity index (χ4n) is 3.07. The quantitative estimate of drug-likeness (QED) is 0.813. The summed E-state index contributed by atoms with van der Waals surface area (Å²) in [6.45, 7) is 1.30. The molecule has 0 atom stereocenters. The average molecular weight is 397 g/mol. The van der Waals surface area contributed by atoms with Crippen LogP contribution in [0.25, 0.3) is 0 Å². The number of benzene rings is 1. The largest absolute Gasteiger partial charge is 0.348 e. The third-order valence-corrected chi connectivity index (χ3v) is 5.70. The summed E-state index contributed by atoms with van der Waals surface area (Å²) in [5, 5.41) is 7.15. The van der Waals surface area contributed by atoms with Gasteiger partial charge in [0.15, 0.2) is 0 Å². The Balaban J connectivity index is 1.43. The van der Waals surface area contributed by atoms with Gasteiger partial charge in [-0.2, -0.15) is 5.10 Å². The molecule has 0 saturated heterocycles. The first kappa shape index (κ1) is 18.2. The SMILES string of the molecule is O=C(NCc1ccccc1Cn1cccn1)C1=CN2CCS(=O)(=O)N=C2C=C1. The van der Waals surface area contributed by atoms with Gasteiger partial charge < -0.3 is 10.2 Å². The predicted octanol–water partition coefficient (Wildman–Crippen LogP) is 1.05. The van der Waals surface area contributed by atoms with E-state index < -0.39 is 10.0 Å². The van der Waals surface area contributed by atoms with Crippen LogP contribution < -0.4 is 5.32 Å². The average Bonchev–Trinajstić information content (AvgIpc) is 3.19. The Labute approximate surface area is 162 Å². The van der Waals surface area contributed by atoms with Gasteiger partial charge in [-0.15, -0.1) is 4.40 Å². The van der Waals surface area contributed by atoms with E-state index in [-0.39, 0.29) is 18.2 Å². The van der Waals surface area contributed by atoms with Gasteiger partial charge in [-0.25, -0.2) is 8.42 Å². The molecular formula is C19H19N5O3S. The molecule has 0 unspecified atom stereocenters. The van der Waals surface area contributed by atoms with Crippen molar-refractivity contribution in [2.45, 2.75) is 13.1 Å². The molecule has 1 aromatic heterocycles. The van der Waals surface area contributed by atoms with E-state index in [9.17, 15) is 13.2 Å². The Bertz CT molecular complexity index is 1080. The molecule has 0 bridgehead atoms. The lowest BCUT2D eigenvalue weighted by Gasteiger charge is -2.27. The minimum absolute atomic E-state index is 0.0590. The van der Waals surface area contributed by atoms with E-state index in [1.54, 1.807) is 29.4 Å². The number of carbonyl (C=O) groups is 1. The molecule has 1 N–H and O–H groups in total. The third kappa shape index (κ3) is 4.04. The van der Waals surface area contributed by atoms with E-state index in [0.717, 1.165) is 11.1 Å². The fourth-order valence-corrected chi connectivity index (χ4v) is 4.03. The molecule has 1 amide bonds. The number of nitrogens with one attached hydrogen (secondary N) is 1. The Morgan fingerprint density at radius 3 is 2.75 bits per heavy atom. The second-order valence-electron chi connectivity index (χ2n) is 6.50. The van der Waals surface area contributed by atoms with Crippen LogP contribution in [0.15, 0.2) is 71.0 Å². The van der Waals surface area contributed by atoms with Crippen LogP contribution in [-0.2, 0) is 27.9 Å². The number of rotatable bonds is 5. The van der Waals surface area contributed by atoms with Crippen LogP contribution in [0, 0.1) is 0 Å². The van der Waals surface area contributed by atoms with Crippen LogP contribution in [-0.4, -0.2) is 47.1 Å². The molecule has 2 aliphatic rings. The molecule has 28 heavy (non-hydrogen) atoms. The Hall–Kier alpha value is -3.20. The van der Waals surface area contributed by atoms with Gasteiger partial charge in [0, 0.05) is 31.7 Å². The Morgan fingerprint density at radius 1 is 1.14 bits per heavy atom. The number of hydrogen-bond acceptors (Lipinski definition) is 5. The lowest BCUT2D eigenvalue weighted by Crippen LogP contribution is -2.38. The molecule has 0 radical (unpaired) electrons. The summed E-state index contributed by atoms with van der Waals surface area (Å²) < 4.78 is 28.7. The van der Waals surface area contributed by atoms with Gasteiger partial charge in [-0.1, -0.05) is 24.3 Å². The summed E-state index contributed by atoms with van der Waals surface area (Å²) in [4.78, 5) is 14.3. The van der Waals surface area contributed by atoms with Crippen molar-refractivity contribution in [3.05, 3.63) is 77.8 Å². The van der Waals surface area contributed by atoms with E-state index in [0.29, 0.717) is 24.5 Å². The number of aromatic nitrogens is 2. The molecule has 2 aliphatic heterocycles. The minimum Gasteiger partial charge on any atom is -0.348 e. The van der Waals surface area contributed by atoms with Crippen molar-refractivity contribution in [1.29, 1.82) is 0 Å². The number of nitrogens with zero attached hydrogens (tertiary/aromatic N) is 4. The number of amidine groups is 1. The predicted molar refractivity (Wildman–Crippen MR) is 105 cm³/mol. The van der Waals surface area contributed by atoms with E-state index >= 15 is 0 Å². The second-order valence-corrected chi connectivity index (χ2v) is 8.26. The maximum Gasteiger partial charge on any atom is 0.256 e. The van der Waals surface area contributed by atoms with Gasteiger partial charge in [0.2, 0.25) is 0 Å². The molecule has 9 heteroatoms. The molecule has 0 saturated carbocycles. The standard InChI is InChI=1S/C19H19N5O3S/c25-19(17-6-7-18-22-28(26,27)11-10-23(18)13-17)20-12-15-4-1-2-5-16(15)14-24-9-3-8-21-24/h1-9,13H,10-12,14H2,(H,20,25). The summed E-state index contributed by atoms with van der Waals surface area (Å²) in [5.74, 6) is 0.0567. The van der Waals surface area contributed by atoms with Crippen molar-refractivity contribution in [3.8, 4) is 0 Å². The zero-order valence-corrected chi connectivity index (χ0v) is 15.8. The molecule has 0 aliphatic carbocycles. The van der Waals surface area contributed by atoms with Crippen LogP contribution in [0.3, 0.4) is 0 Å². The lowest BCUT2D eigenvalue weighted by molar-refractivity contribution is -0.117. The zero-order chi connectivity index (χ0) is 19.6. The van der Waals surface area contributed by atoms with Gasteiger partial charge in [0.25, 0.3) is 15.9 Å². The maximum atomic E-state index is 12.6. The van der Waals surface area contributed by atoms with E-state index in [1.807, 2.05) is 41.2 Å². The van der Waals surface area contributed by atoms with Crippen molar-refractivity contribution in [2.75, 3.05) is 12.3 Å². The van der Waals surface area contributed by atoms with Gasteiger partial charge in [0.05, 0.1) is 17.9 Å². The van der Waals surface area contributed by atoms with Crippen LogP contribution in [0.1, 0.15) is 11.1 Å². The van der Waals surface area contributed by atoms with E-state index in [1.165, 1.54) is 0 Å². The van der Waals surface area contributed by atoms with Crippen LogP contribution in [0.4, 0.5) is 0 Å². The van der Waals surface area contributed by atoms with Gasteiger partial charge in [0.1, 0.15) is 5.84 Å². The van der Waals surface area contributed by atoms with Crippen molar-refractivity contribution in [3.63, 3.8) is 0 Å². The van der Waals surface area contributed by atoms with Gasteiger partial charge in [-0.05, 0) is 29.3 Å². The highest BCUT2D eigenvalue weighted by Crippen LogP contribution is 2.16. The van der Waals surface area contributed by atoms with Crippen molar-refractivity contribution in [1.82, 2.24) is 20.0 Å². The number of carbonyl (C=O) groups excluding carboxylic acids is 1. The summed E-state index contributed by atoms with van der Waals surface area (Å²) in [6.07, 6.45) is 8.40. The topological polar surface area (TPSA) is 96.7 Å². The van der Waals surface area contributed by atoms with Crippen LogP contribution >= 0.6 is 0 Å². The molecule has 3 heterocycles. The molecule has 0 fully saturated rings. The number of hydrogen-bond donors (Lipinski definition) is 1. The monoisotopic (exact) mass is 397 g/mol. The summed E-state index contributed by atoms with van der Waals surface area (Å²) >= 11 is 0.